The number of nitrogens with one attached hydrogen (secondary N) is 1. The first kappa shape index (κ1) is 14.1. The molecule has 0 saturated carbocycles. The van der Waals surface area contributed by atoms with Gasteiger partial charge in [0.1, 0.15) is 5.75 Å². The molecule has 3 nitrogen and oxygen atoms in total. The molecule has 20 heavy (non-hydrogen) atoms. The number of ether oxygens (including phenoxy) is 1. The van der Waals surface area contributed by atoms with Crippen LogP contribution in [0.2, 0.25) is 0 Å². The smallest absolute Gasteiger partial charge is 0.261 e. The highest BCUT2D eigenvalue weighted by atomic mass is 16.5. The fourth-order valence-electron chi connectivity index (χ4n) is 1.86. The first-order valence-corrected chi connectivity index (χ1v) is 6.71. The van der Waals surface area contributed by atoms with Crippen LogP contribution in [0.3, 0.4) is 0 Å². The molecule has 0 heterocycles. The summed E-state index contributed by atoms with van der Waals surface area (Å²) in [6.07, 6.45) is -0.514. The summed E-state index contributed by atoms with van der Waals surface area (Å²) in [4.78, 5) is 12.0. The summed E-state index contributed by atoms with van der Waals surface area (Å²) in [5.74, 6) is 0.631. The third kappa shape index (κ3) is 3.85. The van der Waals surface area contributed by atoms with E-state index in [4.69, 9.17) is 4.74 Å². The number of benzene rings is 2. The van der Waals surface area contributed by atoms with Crippen LogP contribution in [0.5, 0.6) is 5.75 Å². The van der Waals surface area contributed by atoms with Gasteiger partial charge in [0.2, 0.25) is 0 Å². The Labute approximate surface area is 119 Å². The van der Waals surface area contributed by atoms with Gasteiger partial charge in [0.25, 0.3) is 5.91 Å². The van der Waals surface area contributed by atoms with Gasteiger partial charge >= 0.3 is 0 Å². The molecule has 3 heteroatoms. The van der Waals surface area contributed by atoms with Crippen molar-refractivity contribution in [2.75, 3.05) is 0 Å². The van der Waals surface area contributed by atoms with Gasteiger partial charge in [-0.25, -0.2) is 0 Å². The van der Waals surface area contributed by atoms with Gasteiger partial charge in [0.15, 0.2) is 6.10 Å². The largest absolute Gasteiger partial charge is 0.481 e. The van der Waals surface area contributed by atoms with Gasteiger partial charge in [-0.3, -0.25) is 4.79 Å². The first-order valence-electron chi connectivity index (χ1n) is 6.71. The summed E-state index contributed by atoms with van der Waals surface area (Å²) >= 11 is 0. The normalized spacial score (nSPS) is 11.7. The van der Waals surface area contributed by atoms with Crippen LogP contribution in [0.25, 0.3) is 0 Å². The maximum absolute atomic E-state index is 12.0. The monoisotopic (exact) mass is 269 g/mol. The number of rotatable bonds is 5. The highest BCUT2D eigenvalue weighted by Crippen LogP contribution is 2.17. The lowest BCUT2D eigenvalue weighted by Crippen LogP contribution is -2.36. The molecule has 0 bridgehead atoms. The van der Waals surface area contributed by atoms with E-state index in [2.05, 4.69) is 5.32 Å². The molecule has 0 radical (unpaired) electrons. The van der Waals surface area contributed by atoms with Crippen LogP contribution < -0.4 is 10.1 Å². The first-order chi connectivity index (χ1) is 9.66. The van der Waals surface area contributed by atoms with Crippen LogP contribution >= 0.6 is 0 Å². The number of aryl methyl sites for hydroxylation is 1. The quantitative estimate of drug-likeness (QED) is 0.906. The summed E-state index contributed by atoms with van der Waals surface area (Å²) in [6, 6.07) is 17.5. The zero-order chi connectivity index (χ0) is 14.4. The molecular weight excluding hydrogens is 250 g/mol. The van der Waals surface area contributed by atoms with Crippen molar-refractivity contribution in [1.29, 1.82) is 0 Å². The minimum atomic E-state index is -0.514. The zero-order valence-electron chi connectivity index (χ0n) is 11.8. The van der Waals surface area contributed by atoms with E-state index in [1.807, 2.05) is 61.5 Å². The second-order valence-electron chi connectivity index (χ2n) is 4.73. The summed E-state index contributed by atoms with van der Waals surface area (Å²) in [5, 5.41) is 2.87. The number of carbonyl (C=O) groups excluding carboxylic acids is 1. The van der Waals surface area contributed by atoms with Gasteiger partial charge in [-0.15, -0.1) is 0 Å². The van der Waals surface area contributed by atoms with Crippen LogP contribution in [0.1, 0.15) is 18.1 Å². The van der Waals surface area contributed by atoms with Crippen molar-refractivity contribution < 1.29 is 9.53 Å². The summed E-state index contributed by atoms with van der Waals surface area (Å²) in [7, 11) is 0. The van der Waals surface area contributed by atoms with E-state index in [0.29, 0.717) is 6.54 Å². The van der Waals surface area contributed by atoms with Gasteiger partial charge in [0, 0.05) is 6.54 Å². The number of amides is 1. The Morgan fingerprint density at radius 1 is 1.10 bits per heavy atom. The van der Waals surface area contributed by atoms with E-state index in [0.717, 1.165) is 16.9 Å². The Hall–Kier alpha value is -2.29. The average Bonchev–Trinajstić information content (AvgIpc) is 2.48. The van der Waals surface area contributed by atoms with E-state index in [-0.39, 0.29) is 5.91 Å². The fraction of sp³-hybridized carbons (Fsp3) is 0.235. The molecule has 1 N–H and O–H groups in total. The third-order valence-corrected chi connectivity index (χ3v) is 3.08. The van der Waals surface area contributed by atoms with E-state index >= 15 is 0 Å². The zero-order valence-corrected chi connectivity index (χ0v) is 11.8. The van der Waals surface area contributed by atoms with E-state index in [1.165, 1.54) is 0 Å². The minimum absolute atomic E-state index is 0.114. The molecule has 0 spiro atoms. The molecule has 1 unspecified atom stereocenters. The molecule has 104 valence electrons. The highest BCUT2D eigenvalue weighted by Gasteiger charge is 2.14. The molecule has 2 aromatic carbocycles. The molecule has 0 aliphatic carbocycles. The summed E-state index contributed by atoms with van der Waals surface area (Å²) < 4.78 is 5.68. The van der Waals surface area contributed by atoms with Crippen LogP contribution in [0.15, 0.2) is 54.6 Å². The maximum atomic E-state index is 12.0. The average molecular weight is 269 g/mol. The summed E-state index contributed by atoms with van der Waals surface area (Å²) in [6.45, 7) is 4.23. The predicted molar refractivity (Wildman–Crippen MR) is 79.6 cm³/mol. The topological polar surface area (TPSA) is 38.3 Å². The Bertz CT molecular complexity index is 566. The fourth-order valence-corrected chi connectivity index (χ4v) is 1.86. The van der Waals surface area contributed by atoms with E-state index in [1.54, 1.807) is 6.92 Å². The van der Waals surface area contributed by atoms with Crippen molar-refractivity contribution in [2.24, 2.45) is 0 Å². The number of carbonyl (C=O) groups is 1. The van der Waals surface area contributed by atoms with Gasteiger partial charge in [-0.1, -0.05) is 48.5 Å². The molecule has 0 aromatic heterocycles. The standard InChI is InChI=1S/C17H19NO2/c1-13-8-6-7-11-16(13)20-14(2)17(19)18-12-15-9-4-3-5-10-15/h3-11,14H,12H2,1-2H3,(H,18,19). The highest BCUT2D eigenvalue weighted by molar-refractivity contribution is 5.80. The van der Waals surface area contributed by atoms with Crippen molar-refractivity contribution in [2.45, 2.75) is 26.5 Å². The number of hydrogen-bond acceptors (Lipinski definition) is 2. The van der Waals surface area contributed by atoms with Crippen LogP contribution in [-0.2, 0) is 11.3 Å². The van der Waals surface area contributed by atoms with Gasteiger partial charge < -0.3 is 10.1 Å². The Morgan fingerprint density at radius 2 is 1.75 bits per heavy atom. The van der Waals surface area contributed by atoms with Crippen molar-refractivity contribution in [3.63, 3.8) is 0 Å². The van der Waals surface area contributed by atoms with Crippen molar-refractivity contribution in [3.8, 4) is 5.75 Å². The van der Waals surface area contributed by atoms with Gasteiger partial charge in [-0.05, 0) is 31.0 Å². The molecule has 0 fully saturated rings. The maximum Gasteiger partial charge on any atom is 0.261 e. The molecule has 2 rings (SSSR count). The lowest BCUT2D eigenvalue weighted by atomic mass is 10.2. The van der Waals surface area contributed by atoms with Crippen LogP contribution in [-0.4, -0.2) is 12.0 Å². The van der Waals surface area contributed by atoms with Crippen LogP contribution in [0.4, 0.5) is 0 Å². The minimum Gasteiger partial charge on any atom is -0.481 e. The Morgan fingerprint density at radius 3 is 2.45 bits per heavy atom. The van der Waals surface area contributed by atoms with Crippen molar-refractivity contribution >= 4 is 5.91 Å². The second-order valence-corrected chi connectivity index (χ2v) is 4.73. The Kier molecular flexibility index (Phi) is 4.77. The SMILES string of the molecule is Cc1ccccc1OC(C)C(=O)NCc1ccccc1. The predicted octanol–water partition coefficient (Wildman–Crippen LogP) is 3.08. The van der Waals surface area contributed by atoms with Gasteiger partial charge in [-0.2, -0.15) is 0 Å². The molecule has 0 saturated heterocycles. The Balaban J connectivity index is 1.88. The second kappa shape index (κ2) is 6.75. The molecule has 0 aliphatic rings. The molecule has 0 aliphatic heterocycles. The lowest BCUT2D eigenvalue weighted by molar-refractivity contribution is -0.127. The number of para-hydroxylation sites is 1. The van der Waals surface area contributed by atoms with Crippen molar-refractivity contribution in [1.82, 2.24) is 5.32 Å². The molecule has 1 amide bonds. The van der Waals surface area contributed by atoms with Crippen LogP contribution in [0, 0.1) is 6.92 Å². The molecule has 1 atom stereocenters. The number of hydrogen-bond donors (Lipinski definition) is 1. The lowest BCUT2D eigenvalue weighted by Gasteiger charge is -2.16. The van der Waals surface area contributed by atoms with E-state index < -0.39 is 6.10 Å². The van der Waals surface area contributed by atoms with E-state index in [9.17, 15) is 4.79 Å². The summed E-state index contributed by atoms with van der Waals surface area (Å²) in [5.41, 5.74) is 2.10. The van der Waals surface area contributed by atoms with Crippen molar-refractivity contribution in [3.05, 3.63) is 65.7 Å². The molecular formula is C17H19NO2. The van der Waals surface area contributed by atoms with Gasteiger partial charge in [0.05, 0.1) is 0 Å². The third-order valence-electron chi connectivity index (χ3n) is 3.08. The molecule has 2 aromatic rings.